The van der Waals surface area contributed by atoms with Crippen LogP contribution >= 0.6 is 15.9 Å². The van der Waals surface area contributed by atoms with Crippen molar-refractivity contribution >= 4 is 15.9 Å². The lowest BCUT2D eigenvalue weighted by Crippen LogP contribution is -2.53. The molecule has 1 fully saturated rings. The molecule has 3 atom stereocenters. The van der Waals surface area contributed by atoms with Crippen molar-refractivity contribution in [1.82, 2.24) is 5.32 Å². The van der Waals surface area contributed by atoms with Crippen LogP contribution in [0.2, 0.25) is 0 Å². The zero-order chi connectivity index (χ0) is 13.2. The van der Waals surface area contributed by atoms with E-state index < -0.39 is 0 Å². The summed E-state index contributed by atoms with van der Waals surface area (Å²) in [5.74, 6) is 0. The maximum atomic E-state index is 6.38. The van der Waals surface area contributed by atoms with E-state index in [1.807, 2.05) is 0 Å². The van der Waals surface area contributed by atoms with Gasteiger partial charge in [0, 0.05) is 17.1 Å². The molecule has 18 heavy (non-hydrogen) atoms. The quantitative estimate of drug-likeness (QED) is 0.909. The molecule has 0 amide bonds. The standard InChI is InChI=1S/C15H22BrNO/c1-4-8-15(3)10-17-11(2)14(18-15)12-6-5-7-13(16)9-12/h5-7,9,11,14,17H,4,8,10H2,1-3H3. The summed E-state index contributed by atoms with van der Waals surface area (Å²) >= 11 is 3.53. The fraction of sp³-hybridized carbons (Fsp3) is 0.600. The molecule has 0 aromatic heterocycles. The number of hydrogen-bond donors (Lipinski definition) is 1. The van der Waals surface area contributed by atoms with E-state index in [0.717, 1.165) is 23.9 Å². The van der Waals surface area contributed by atoms with Crippen molar-refractivity contribution in [2.45, 2.75) is 51.4 Å². The zero-order valence-corrected chi connectivity index (χ0v) is 13.0. The average molecular weight is 312 g/mol. The van der Waals surface area contributed by atoms with Gasteiger partial charge in [0.2, 0.25) is 0 Å². The first-order valence-corrected chi connectivity index (χ1v) is 7.50. The molecule has 0 radical (unpaired) electrons. The molecule has 100 valence electrons. The van der Waals surface area contributed by atoms with Gasteiger partial charge in [0.25, 0.3) is 0 Å². The Labute approximate surface area is 118 Å². The van der Waals surface area contributed by atoms with Gasteiger partial charge in [-0.2, -0.15) is 0 Å². The third kappa shape index (κ3) is 3.14. The monoisotopic (exact) mass is 311 g/mol. The SMILES string of the molecule is CCCC1(C)CNC(C)C(c2cccc(Br)c2)O1. The molecule has 0 bridgehead atoms. The van der Waals surface area contributed by atoms with Crippen LogP contribution in [0.5, 0.6) is 0 Å². The minimum absolute atomic E-state index is 0.0474. The highest BCUT2D eigenvalue weighted by molar-refractivity contribution is 9.10. The summed E-state index contributed by atoms with van der Waals surface area (Å²) in [6.07, 6.45) is 2.38. The van der Waals surface area contributed by atoms with Crippen molar-refractivity contribution in [2.75, 3.05) is 6.54 Å². The number of rotatable bonds is 3. The number of benzene rings is 1. The topological polar surface area (TPSA) is 21.3 Å². The lowest BCUT2D eigenvalue weighted by molar-refractivity contribution is -0.129. The molecule has 1 N–H and O–H groups in total. The van der Waals surface area contributed by atoms with Crippen molar-refractivity contribution in [3.05, 3.63) is 34.3 Å². The van der Waals surface area contributed by atoms with Gasteiger partial charge >= 0.3 is 0 Å². The minimum atomic E-state index is -0.0474. The summed E-state index contributed by atoms with van der Waals surface area (Å²) in [6.45, 7) is 7.55. The highest BCUT2D eigenvalue weighted by Crippen LogP contribution is 2.34. The van der Waals surface area contributed by atoms with Crippen LogP contribution < -0.4 is 5.32 Å². The second-order valence-electron chi connectivity index (χ2n) is 5.46. The minimum Gasteiger partial charge on any atom is -0.364 e. The van der Waals surface area contributed by atoms with E-state index in [1.54, 1.807) is 0 Å². The Morgan fingerprint density at radius 2 is 2.28 bits per heavy atom. The molecule has 1 heterocycles. The Bertz CT molecular complexity index is 409. The van der Waals surface area contributed by atoms with Gasteiger partial charge < -0.3 is 10.1 Å². The number of halogens is 1. The molecule has 2 nitrogen and oxygen atoms in total. The van der Waals surface area contributed by atoms with E-state index in [-0.39, 0.29) is 11.7 Å². The third-order valence-corrected chi connectivity index (χ3v) is 4.11. The first-order chi connectivity index (χ1) is 8.54. The maximum absolute atomic E-state index is 6.38. The van der Waals surface area contributed by atoms with Crippen LogP contribution in [0.15, 0.2) is 28.7 Å². The maximum Gasteiger partial charge on any atom is 0.0983 e. The Kier molecular flexibility index (Phi) is 4.46. The van der Waals surface area contributed by atoms with Gasteiger partial charge in [0.05, 0.1) is 11.7 Å². The summed E-state index contributed by atoms with van der Waals surface area (Å²) in [6, 6.07) is 8.77. The first kappa shape index (κ1) is 14.0. The van der Waals surface area contributed by atoms with Gasteiger partial charge in [0.15, 0.2) is 0 Å². The Morgan fingerprint density at radius 1 is 1.50 bits per heavy atom. The molecule has 3 heteroatoms. The van der Waals surface area contributed by atoms with Crippen LogP contribution in [0.1, 0.15) is 45.3 Å². The van der Waals surface area contributed by atoms with E-state index in [2.05, 4.69) is 66.3 Å². The lowest BCUT2D eigenvalue weighted by Gasteiger charge is -2.43. The molecule has 0 saturated carbocycles. The smallest absolute Gasteiger partial charge is 0.0983 e. The Morgan fingerprint density at radius 3 is 2.94 bits per heavy atom. The van der Waals surface area contributed by atoms with Crippen molar-refractivity contribution < 1.29 is 4.74 Å². The van der Waals surface area contributed by atoms with Gasteiger partial charge in [0.1, 0.15) is 0 Å². The van der Waals surface area contributed by atoms with E-state index in [0.29, 0.717) is 6.04 Å². The van der Waals surface area contributed by atoms with Crippen LogP contribution in [0.25, 0.3) is 0 Å². The molecule has 0 aliphatic carbocycles. The molecule has 1 aromatic rings. The fourth-order valence-corrected chi connectivity index (χ4v) is 3.07. The number of hydrogen-bond acceptors (Lipinski definition) is 2. The van der Waals surface area contributed by atoms with Crippen molar-refractivity contribution in [3.63, 3.8) is 0 Å². The van der Waals surface area contributed by atoms with Gasteiger partial charge in [-0.25, -0.2) is 0 Å². The van der Waals surface area contributed by atoms with Gasteiger partial charge in [-0.15, -0.1) is 0 Å². The predicted molar refractivity (Wildman–Crippen MR) is 78.7 cm³/mol. The lowest BCUT2D eigenvalue weighted by atomic mass is 9.93. The van der Waals surface area contributed by atoms with Crippen molar-refractivity contribution in [1.29, 1.82) is 0 Å². The van der Waals surface area contributed by atoms with Gasteiger partial charge in [-0.3, -0.25) is 0 Å². The fourth-order valence-electron chi connectivity index (χ4n) is 2.65. The second-order valence-corrected chi connectivity index (χ2v) is 6.38. The molecule has 1 aliphatic heterocycles. The Hall–Kier alpha value is -0.380. The first-order valence-electron chi connectivity index (χ1n) is 6.71. The van der Waals surface area contributed by atoms with E-state index in [4.69, 9.17) is 4.74 Å². The van der Waals surface area contributed by atoms with Crippen LogP contribution in [-0.2, 0) is 4.74 Å². The highest BCUT2D eigenvalue weighted by atomic mass is 79.9. The summed E-state index contributed by atoms with van der Waals surface area (Å²) in [4.78, 5) is 0. The van der Waals surface area contributed by atoms with Crippen LogP contribution in [0.4, 0.5) is 0 Å². The molecule has 0 spiro atoms. The summed E-state index contributed by atoms with van der Waals surface area (Å²) < 4.78 is 7.49. The Balaban J connectivity index is 2.20. The number of morpholine rings is 1. The summed E-state index contributed by atoms with van der Waals surface area (Å²) in [5, 5.41) is 3.59. The van der Waals surface area contributed by atoms with Crippen LogP contribution in [-0.4, -0.2) is 18.2 Å². The molecular formula is C15H22BrNO. The molecule has 1 aliphatic rings. The number of ether oxygens (including phenoxy) is 1. The van der Waals surface area contributed by atoms with Gasteiger partial charge in [-0.1, -0.05) is 41.4 Å². The van der Waals surface area contributed by atoms with Crippen LogP contribution in [0, 0.1) is 0 Å². The molecule has 3 unspecified atom stereocenters. The summed E-state index contributed by atoms with van der Waals surface area (Å²) in [5.41, 5.74) is 1.19. The van der Waals surface area contributed by atoms with Crippen LogP contribution in [0.3, 0.4) is 0 Å². The molecular weight excluding hydrogens is 290 g/mol. The normalized spacial score (nSPS) is 32.4. The molecule has 2 rings (SSSR count). The van der Waals surface area contributed by atoms with Gasteiger partial charge in [-0.05, 0) is 38.0 Å². The third-order valence-electron chi connectivity index (χ3n) is 3.62. The van der Waals surface area contributed by atoms with Crippen molar-refractivity contribution in [2.24, 2.45) is 0 Å². The van der Waals surface area contributed by atoms with Crippen molar-refractivity contribution in [3.8, 4) is 0 Å². The van der Waals surface area contributed by atoms with E-state index >= 15 is 0 Å². The molecule has 1 saturated heterocycles. The van der Waals surface area contributed by atoms with E-state index in [1.165, 1.54) is 5.56 Å². The average Bonchev–Trinajstić information content (AvgIpc) is 2.33. The molecule has 1 aromatic carbocycles. The second kappa shape index (κ2) is 5.72. The highest BCUT2D eigenvalue weighted by Gasteiger charge is 2.36. The summed E-state index contributed by atoms with van der Waals surface area (Å²) in [7, 11) is 0. The van der Waals surface area contributed by atoms with E-state index in [9.17, 15) is 0 Å². The zero-order valence-electron chi connectivity index (χ0n) is 11.4. The largest absolute Gasteiger partial charge is 0.364 e. The predicted octanol–water partition coefficient (Wildman–Crippen LogP) is 4.06. The number of nitrogens with one attached hydrogen (secondary N) is 1.